The van der Waals surface area contributed by atoms with Crippen LogP contribution in [0.1, 0.15) is 6.92 Å². The average molecular weight is 345 g/mol. The van der Waals surface area contributed by atoms with E-state index in [1.807, 2.05) is 0 Å². The van der Waals surface area contributed by atoms with Gasteiger partial charge >= 0.3 is 20.2 Å². The summed E-state index contributed by atoms with van der Waals surface area (Å²) < 4.78 is 24.1. The van der Waals surface area contributed by atoms with E-state index in [2.05, 4.69) is 4.98 Å². The van der Waals surface area contributed by atoms with Gasteiger partial charge in [-0.2, -0.15) is 4.57 Å². The molecule has 2 aromatic rings. The normalized spacial score (nSPS) is 13.1. The van der Waals surface area contributed by atoms with Gasteiger partial charge in [0.1, 0.15) is 0 Å². The number of hydrogen-bond donors (Lipinski definition) is 4. The second-order valence-corrected chi connectivity index (χ2v) is 9.06. The van der Waals surface area contributed by atoms with Gasteiger partial charge in [0.15, 0.2) is 12.4 Å². The first-order valence-corrected chi connectivity index (χ1v) is 9.33. The summed E-state index contributed by atoms with van der Waals surface area (Å²) in [6, 6.07) is 6.51. The van der Waals surface area contributed by atoms with Crippen LogP contribution in [0.5, 0.6) is 0 Å². The zero-order chi connectivity index (χ0) is 16.6. The van der Waals surface area contributed by atoms with Crippen molar-refractivity contribution >= 4 is 15.2 Å². The predicted octanol–water partition coefficient (Wildman–Crippen LogP) is 1.02. The number of nitrogens with zero attached hydrogens (tertiary/aromatic N) is 2. The van der Waals surface area contributed by atoms with Crippen molar-refractivity contribution in [2.24, 2.45) is 0 Å². The molecule has 0 saturated heterocycles. The summed E-state index contributed by atoms with van der Waals surface area (Å²) in [6.07, 6.45) is 5.64. The van der Waals surface area contributed by atoms with Gasteiger partial charge in [-0.3, -0.25) is 14.1 Å². The maximum absolute atomic E-state index is 11.6. The fourth-order valence-corrected chi connectivity index (χ4v) is 4.14. The van der Waals surface area contributed by atoms with E-state index < -0.39 is 20.2 Å². The van der Waals surface area contributed by atoms with Gasteiger partial charge in [0.05, 0.1) is 0 Å². The molecule has 0 aliphatic carbocycles. The van der Waals surface area contributed by atoms with Gasteiger partial charge in [-0.05, 0) is 23.3 Å². The molecule has 0 aromatic carbocycles. The van der Waals surface area contributed by atoms with Crippen molar-refractivity contribution in [3.8, 4) is 11.1 Å². The van der Waals surface area contributed by atoms with Crippen LogP contribution in [-0.4, -0.2) is 24.6 Å². The molecule has 0 bridgehead atoms. The van der Waals surface area contributed by atoms with Crippen molar-refractivity contribution in [2.75, 3.05) is 0 Å². The van der Waals surface area contributed by atoms with Crippen molar-refractivity contribution in [1.29, 1.82) is 0 Å². The van der Waals surface area contributed by atoms with E-state index in [1.54, 1.807) is 24.5 Å². The van der Waals surface area contributed by atoms with Crippen LogP contribution >= 0.6 is 15.2 Å². The third-order valence-electron chi connectivity index (χ3n) is 3.44. The van der Waals surface area contributed by atoms with E-state index in [4.69, 9.17) is 0 Å². The highest BCUT2D eigenvalue weighted by Gasteiger charge is 2.65. The molecule has 0 spiro atoms. The van der Waals surface area contributed by atoms with Gasteiger partial charge in [-0.1, -0.05) is 0 Å². The van der Waals surface area contributed by atoms with Gasteiger partial charge in [0.25, 0.3) is 0 Å². The molecule has 0 fully saturated rings. The minimum absolute atomic E-state index is 0.720. The molecule has 0 saturated carbocycles. The minimum atomic E-state index is -5.13. The fraction of sp³-hybridized carbons (Fsp3) is 0.167. The zero-order valence-corrected chi connectivity index (χ0v) is 13.3. The molecule has 8 nitrogen and oxygen atoms in total. The summed E-state index contributed by atoms with van der Waals surface area (Å²) in [7, 11) is -10.3. The standard InChI is InChI=1S/C12H14N2O6P2/c1-12(21(15,16)17,22(18,19)20)14-8-4-11(5-9-14)10-2-6-13-7-3-10/h2-9H,1H3,(H3-,15,16,17,18,19,20)/p+1. The summed E-state index contributed by atoms with van der Waals surface area (Å²) in [4.78, 5) is 41.5. The fourth-order valence-electron chi connectivity index (χ4n) is 1.92. The topological polar surface area (TPSA) is 132 Å². The van der Waals surface area contributed by atoms with E-state index in [0.717, 1.165) is 22.6 Å². The summed E-state index contributed by atoms with van der Waals surface area (Å²) in [5.41, 5.74) is 1.54. The van der Waals surface area contributed by atoms with Crippen LogP contribution in [0.4, 0.5) is 0 Å². The maximum Gasteiger partial charge on any atom is 0.409 e. The van der Waals surface area contributed by atoms with Crippen molar-refractivity contribution in [1.82, 2.24) is 4.98 Å². The van der Waals surface area contributed by atoms with Crippen molar-refractivity contribution < 1.29 is 33.3 Å². The molecule has 0 aliphatic rings. The van der Waals surface area contributed by atoms with Crippen LogP contribution in [0.2, 0.25) is 0 Å². The number of hydrogen-bond acceptors (Lipinski definition) is 3. The quantitative estimate of drug-likeness (QED) is 0.480. The highest BCUT2D eigenvalue weighted by molar-refractivity contribution is 7.70. The lowest BCUT2D eigenvalue weighted by atomic mass is 10.1. The average Bonchev–Trinajstić information content (AvgIpc) is 2.45. The van der Waals surface area contributed by atoms with E-state index in [-0.39, 0.29) is 0 Å². The Kier molecular flexibility index (Phi) is 4.37. The van der Waals surface area contributed by atoms with Crippen LogP contribution < -0.4 is 4.57 Å². The molecule has 0 aliphatic heterocycles. The van der Waals surface area contributed by atoms with E-state index in [9.17, 15) is 28.7 Å². The van der Waals surface area contributed by atoms with Gasteiger partial charge < -0.3 is 19.6 Å². The molecule has 2 heterocycles. The lowest BCUT2D eigenvalue weighted by Crippen LogP contribution is -2.53. The lowest BCUT2D eigenvalue weighted by molar-refractivity contribution is -0.719. The highest BCUT2D eigenvalue weighted by atomic mass is 31.2. The van der Waals surface area contributed by atoms with Gasteiger partial charge in [0, 0.05) is 31.5 Å². The number of rotatable bonds is 4. The Bertz CT molecular complexity index is 731. The van der Waals surface area contributed by atoms with Crippen LogP contribution in [0.15, 0.2) is 49.1 Å². The first-order chi connectivity index (χ1) is 10.1. The monoisotopic (exact) mass is 345 g/mol. The van der Waals surface area contributed by atoms with Crippen LogP contribution in [0.25, 0.3) is 11.1 Å². The lowest BCUT2D eigenvalue weighted by Gasteiger charge is -2.25. The van der Waals surface area contributed by atoms with Gasteiger partial charge in [0.2, 0.25) is 0 Å². The molecule has 0 atom stereocenters. The summed E-state index contributed by atoms with van der Waals surface area (Å²) >= 11 is 0. The van der Waals surface area contributed by atoms with Crippen LogP contribution in [-0.2, 0) is 14.2 Å². The molecule has 0 unspecified atom stereocenters. The van der Waals surface area contributed by atoms with E-state index in [0.29, 0.717) is 0 Å². The third-order valence-corrected chi connectivity index (χ3v) is 7.67. The Morgan fingerprint density at radius 3 is 1.73 bits per heavy atom. The Morgan fingerprint density at radius 2 is 1.32 bits per heavy atom. The third kappa shape index (κ3) is 2.90. The first kappa shape index (κ1) is 17.0. The molecule has 2 rings (SSSR count). The van der Waals surface area contributed by atoms with Gasteiger partial charge in [-0.25, -0.2) is 0 Å². The molecule has 0 amide bonds. The second kappa shape index (κ2) is 5.66. The van der Waals surface area contributed by atoms with Crippen LogP contribution in [0, 0.1) is 0 Å². The Morgan fingerprint density at radius 1 is 0.909 bits per heavy atom. The largest absolute Gasteiger partial charge is 0.409 e. The zero-order valence-electron chi connectivity index (χ0n) is 11.5. The molecule has 22 heavy (non-hydrogen) atoms. The molecule has 2 aromatic heterocycles. The Balaban J connectivity index is 2.53. The van der Waals surface area contributed by atoms with Crippen LogP contribution in [0.3, 0.4) is 0 Å². The Hall–Kier alpha value is -1.40. The van der Waals surface area contributed by atoms with E-state index in [1.165, 1.54) is 24.5 Å². The summed E-state index contributed by atoms with van der Waals surface area (Å²) in [6.45, 7) is 0.834. The van der Waals surface area contributed by atoms with Crippen molar-refractivity contribution in [3.63, 3.8) is 0 Å². The smallest absolute Gasteiger partial charge is 0.319 e. The molecule has 10 heteroatoms. The maximum atomic E-state index is 11.6. The molecule has 0 radical (unpaired) electrons. The summed E-state index contributed by atoms with van der Waals surface area (Å²) in [5, 5.41) is -2.66. The second-order valence-electron chi connectivity index (χ2n) is 4.79. The highest BCUT2D eigenvalue weighted by Crippen LogP contribution is 2.69. The first-order valence-electron chi connectivity index (χ1n) is 6.11. The van der Waals surface area contributed by atoms with Crippen molar-refractivity contribution in [3.05, 3.63) is 49.1 Å². The van der Waals surface area contributed by atoms with Gasteiger partial charge in [-0.15, -0.1) is 0 Å². The SMILES string of the molecule is CC([n+]1ccc(-c2ccncc2)cc1)(P(=O)(O)O)P(=O)(O)O. The summed E-state index contributed by atoms with van der Waals surface area (Å²) in [5.74, 6) is 0. The van der Waals surface area contributed by atoms with Crippen molar-refractivity contribution in [2.45, 2.75) is 11.9 Å². The molecular weight excluding hydrogens is 330 g/mol. The number of pyridine rings is 2. The number of aromatic nitrogens is 2. The minimum Gasteiger partial charge on any atom is -0.319 e. The predicted molar refractivity (Wildman–Crippen MR) is 77.6 cm³/mol. The molecule has 118 valence electrons. The molecular formula is C12H15N2O6P2+. The molecule has 4 N–H and O–H groups in total. The van der Waals surface area contributed by atoms with E-state index >= 15 is 0 Å². The Labute approximate surface area is 126 Å².